The number of hydrogen-bond acceptors (Lipinski definition) is 6. The number of nitrogens with zero attached hydrogens (tertiary/aromatic N) is 3. The first-order valence-electron chi connectivity index (χ1n) is 6.64. The second-order valence-electron chi connectivity index (χ2n) is 4.57. The van der Waals surface area contributed by atoms with Crippen LogP contribution in [-0.2, 0) is 0 Å². The topological polar surface area (TPSA) is 90.1 Å². The van der Waals surface area contributed by atoms with Crippen LogP contribution in [0.4, 0.5) is 5.69 Å². The van der Waals surface area contributed by atoms with E-state index in [2.05, 4.69) is 20.3 Å². The molecule has 7 nitrogen and oxygen atoms in total. The second kappa shape index (κ2) is 6.86. The van der Waals surface area contributed by atoms with Crippen LogP contribution >= 0.6 is 23.2 Å². The summed E-state index contributed by atoms with van der Waals surface area (Å²) >= 11 is 11.8. The highest BCUT2D eigenvalue weighted by atomic mass is 35.5. The van der Waals surface area contributed by atoms with Gasteiger partial charge in [-0.2, -0.15) is 0 Å². The molecule has 0 saturated heterocycles. The summed E-state index contributed by atoms with van der Waals surface area (Å²) in [4.78, 5) is 23.7. The number of rotatable bonds is 4. The van der Waals surface area contributed by atoms with E-state index in [1.54, 1.807) is 24.4 Å². The Kier molecular flexibility index (Phi) is 4.64. The first-order valence-corrected chi connectivity index (χ1v) is 7.40. The average molecular weight is 365 g/mol. The molecule has 24 heavy (non-hydrogen) atoms. The van der Waals surface area contributed by atoms with Gasteiger partial charge in [-0.15, -0.1) is 0 Å². The minimum atomic E-state index is -0.528. The summed E-state index contributed by atoms with van der Waals surface area (Å²) < 4.78 is 10.6. The fourth-order valence-electron chi connectivity index (χ4n) is 2.05. The summed E-state index contributed by atoms with van der Waals surface area (Å²) in [7, 11) is 1.51. The Morgan fingerprint density at radius 1 is 1.25 bits per heavy atom. The molecule has 0 spiro atoms. The molecule has 0 aliphatic carbocycles. The third kappa shape index (κ3) is 3.17. The lowest BCUT2D eigenvalue weighted by atomic mass is 10.1. The molecule has 0 aliphatic heterocycles. The maximum atomic E-state index is 12.3. The fraction of sp³-hybridized carbons (Fsp3) is 0.0667. The summed E-state index contributed by atoms with van der Waals surface area (Å²) in [6, 6.07) is 5.06. The highest BCUT2D eigenvalue weighted by Gasteiger charge is 2.18. The van der Waals surface area contributed by atoms with E-state index in [0.29, 0.717) is 22.8 Å². The van der Waals surface area contributed by atoms with E-state index in [1.165, 1.54) is 19.8 Å². The van der Waals surface area contributed by atoms with Crippen molar-refractivity contribution in [1.29, 1.82) is 0 Å². The van der Waals surface area contributed by atoms with Crippen LogP contribution in [0.2, 0.25) is 10.3 Å². The fourth-order valence-corrected chi connectivity index (χ4v) is 2.53. The molecule has 0 unspecified atom stereocenters. The molecule has 0 aliphatic rings. The number of methoxy groups -OCH3 is 1. The Morgan fingerprint density at radius 3 is 2.62 bits per heavy atom. The molecule has 1 aromatic carbocycles. The SMILES string of the molecule is COc1cc(NC(=O)c2c(Cl)ncnc2Cl)ccc1-c1cnco1. The van der Waals surface area contributed by atoms with Gasteiger partial charge in [0.05, 0.1) is 18.9 Å². The van der Waals surface area contributed by atoms with Gasteiger partial charge in [-0.25, -0.2) is 15.0 Å². The zero-order chi connectivity index (χ0) is 17.1. The van der Waals surface area contributed by atoms with Crippen molar-refractivity contribution < 1.29 is 13.9 Å². The van der Waals surface area contributed by atoms with Gasteiger partial charge in [0.1, 0.15) is 27.9 Å². The lowest BCUT2D eigenvalue weighted by Gasteiger charge is -2.11. The van der Waals surface area contributed by atoms with Crippen molar-refractivity contribution in [2.24, 2.45) is 0 Å². The first kappa shape index (κ1) is 16.2. The summed E-state index contributed by atoms with van der Waals surface area (Å²) in [5.41, 5.74) is 1.18. The quantitative estimate of drug-likeness (QED) is 0.709. The molecule has 2 aromatic heterocycles. The predicted molar refractivity (Wildman–Crippen MR) is 88.5 cm³/mol. The molecule has 1 N–H and O–H groups in total. The molecule has 9 heteroatoms. The van der Waals surface area contributed by atoms with E-state index in [-0.39, 0.29) is 15.9 Å². The molecule has 2 heterocycles. The Labute approximate surface area is 146 Å². The van der Waals surface area contributed by atoms with Crippen LogP contribution < -0.4 is 10.1 Å². The van der Waals surface area contributed by atoms with Gasteiger partial charge in [0.15, 0.2) is 12.2 Å². The van der Waals surface area contributed by atoms with E-state index in [9.17, 15) is 4.79 Å². The summed E-state index contributed by atoms with van der Waals surface area (Å²) in [5.74, 6) is 0.526. The number of benzene rings is 1. The van der Waals surface area contributed by atoms with E-state index < -0.39 is 5.91 Å². The van der Waals surface area contributed by atoms with Crippen LogP contribution in [0.5, 0.6) is 5.75 Å². The van der Waals surface area contributed by atoms with Gasteiger partial charge in [0.25, 0.3) is 5.91 Å². The van der Waals surface area contributed by atoms with Gasteiger partial charge < -0.3 is 14.5 Å². The maximum absolute atomic E-state index is 12.3. The van der Waals surface area contributed by atoms with Crippen molar-refractivity contribution in [3.05, 3.63) is 53.0 Å². The molecule has 3 rings (SSSR count). The van der Waals surface area contributed by atoms with Crippen molar-refractivity contribution in [2.45, 2.75) is 0 Å². The van der Waals surface area contributed by atoms with Crippen LogP contribution in [0.3, 0.4) is 0 Å². The smallest absolute Gasteiger partial charge is 0.261 e. The minimum Gasteiger partial charge on any atom is -0.496 e. The number of carbonyl (C=O) groups is 1. The van der Waals surface area contributed by atoms with Crippen LogP contribution in [-0.4, -0.2) is 28.0 Å². The van der Waals surface area contributed by atoms with Gasteiger partial charge >= 0.3 is 0 Å². The number of aromatic nitrogens is 3. The molecule has 0 atom stereocenters. The summed E-state index contributed by atoms with van der Waals surface area (Å²) in [5, 5.41) is 2.61. The molecule has 3 aromatic rings. The second-order valence-corrected chi connectivity index (χ2v) is 5.28. The van der Waals surface area contributed by atoms with Gasteiger partial charge in [-0.1, -0.05) is 23.2 Å². The van der Waals surface area contributed by atoms with E-state index in [1.807, 2.05) is 0 Å². The van der Waals surface area contributed by atoms with E-state index in [0.717, 1.165) is 0 Å². The molecule has 0 saturated carbocycles. The van der Waals surface area contributed by atoms with Gasteiger partial charge in [-0.05, 0) is 12.1 Å². The van der Waals surface area contributed by atoms with Crippen LogP contribution in [0.25, 0.3) is 11.3 Å². The molecular formula is C15H10Cl2N4O3. The number of anilines is 1. The lowest BCUT2D eigenvalue weighted by molar-refractivity contribution is 0.102. The summed E-state index contributed by atoms with van der Waals surface area (Å²) in [6.45, 7) is 0. The lowest BCUT2D eigenvalue weighted by Crippen LogP contribution is -2.14. The van der Waals surface area contributed by atoms with E-state index in [4.69, 9.17) is 32.4 Å². The average Bonchev–Trinajstić information content (AvgIpc) is 3.08. The number of halogens is 2. The molecule has 0 bridgehead atoms. The van der Waals surface area contributed by atoms with Crippen molar-refractivity contribution in [3.8, 4) is 17.1 Å². The predicted octanol–water partition coefficient (Wildman–Crippen LogP) is 3.70. The Morgan fingerprint density at radius 2 is 2.00 bits per heavy atom. The van der Waals surface area contributed by atoms with Crippen LogP contribution in [0.1, 0.15) is 10.4 Å². The molecular weight excluding hydrogens is 355 g/mol. The summed E-state index contributed by atoms with van der Waals surface area (Å²) in [6.07, 6.45) is 4.07. The number of nitrogens with one attached hydrogen (secondary N) is 1. The number of ether oxygens (including phenoxy) is 1. The highest BCUT2D eigenvalue weighted by Crippen LogP contribution is 2.32. The highest BCUT2D eigenvalue weighted by molar-refractivity contribution is 6.38. The zero-order valence-electron chi connectivity index (χ0n) is 12.3. The largest absolute Gasteiger partial charge is 0.496 e. The van der Waals surface area contributed by atoms with Gasteiger partial charge in [0.2, 0.25) is 0 Å². The molecule has 122 valence electrons. The minimum absolute atomic E-state index is 0.000823. The molecule has 0 fully saturated rings. The normalized spacial score (nSPS) is 10.5. The third-order valence-corrected chi connectivity index (χ3v) is 3.71. The standard InChI is InChI=1S/C15H10Cl2N4O3/c1-23-10-4-8(2-3-9(10)11-5-18-7-24-11)21-15(22)12-13(16)19-6-20-14(12)17/h2-7H,1H3,(H,21,22). The molecule has 0 radical (unpaired) electrons. The van der Waals surface area contributed by atoms with Gasteiger partial charge in [0, 0.05) is 11.8 Å². The van der Waals surface area contributed by atoms with Crippen molar-refractivity contribution in [3.63, 3.8) is 0 Å². The van der Waals surface area contributed by atoms with Crippen LogP contribution in [0.15, 0.2) is 41.5 Å². The Balaban J connectivity index is 1.90. The monoisotopic (exact) mass is 364 g/mol. The Bertz CT molecular complexity index is 864. The van der Waals surface area contributed by atoms with Gasteiger partial charge in [-0.3, -0.25) is 4.79 Å². The maximum Gasteiger partial charge on any atom is 0.261 e. The van der Waals surface area contributed by atoms with Crippen LogP contribution in [0, 0.1) is 0 Å². The third-order valence-electron chi connectivity index (χ3n) is 3.14. The number of hydrogen-bond donors (Lipinski definition) is 1. The first-order chi connectivity index (χ1) is 11.6. The number of amides is 1. The van der Waals surface area contributed by atoms with Crippen molar-refractivity contribution in [1.82, 2.24) is 15.0 Å². The number of carbonyl (C=O) groups excluding carboxylic acids is 1. The van der Waals surface area contributed by atoms with Crippen molar-refractivity contribution >= 4 is 34.8 Å². The number of oxazole rings is 1. The Hall–Kier alpha value is -2.64. The zero-order valence-corrected chi connectivity index (χ0v) is 13.8. The van der Waals surface area contributed by atoms with Crippen molar-refractivity contribution in [2.75, 3.05) is 12.4 Å². The van der Waals surface area contributed by atoms with E-state index >= 15 is 0 Å². The molecule has 1 amide bonds.